The van der Waals surface area contributed by atoms with E-state index in [4.69, 9.17) is 4.98 Å². The number of nitrogens with one attached hydrogen (secondary N) is 2. The molecule has 2 heterocycles. The maximum absolute atomic E-state index is 13.3. The summed E-state index contributed by atoms with van der Waals surface area (Å²) in [7, 11) is 4.21. The fourth-order valence-corrected chi connectivity index (χ4v) is 6.20. The predicted octanol–water partition coefficient (Wildman–Crippen LogP) is 2.65. The maximum atomic E-state index is 13.3. The second-order valence-electron chi connectivity index (χ2n) is 10.0. The van der Waals surface area contributed by atoms with Crippen molar-refractivity contribution in [3.8, 4) is 0 Å². The van der Waals surface area contributed by atoms with Crippen LogP contribution in [0.5, 0.6) is 0 Å². The summed E-state index contributed by atoms with van der Waals surface area (Å²) in [6, 6.07) is 0. The molecule has 2 bridgehead atoms. The van der Waals surface area contributed by atoms with Gasteiger partial charge in [0.2, 0.25) is 0 Å². The highest BCUT2D eigenvalue weighted by Crippen LogP contribution is 2.54. The van der Waals surface area contributed by atoms with Gasteiger partial charge in [0, 0.05) is 13.1 Å². The number of H-pyrrole nitrogens is 1. The standard InChI is InChI=1S/C24H40N6O2/c1-5-14-29-20-19(21(31)30(15-6-2)23(29)32)26-22(27-20)24(25-13-8-16-28(3)4)17-9-7-10-18(24)12-11-17/h17-18,25H,5-16H2,1-4H3,(H,26,27). The first-order chi connectivity index (χ1) is 15.4. The molecular formula is C24H40N6O2. The Morgan fingerprint density at radius 1 is 1.06 bits per heavy atom. The lowest BCUT2D eigenvalue weighted by Crippen LogP contribution is -2.53. The minimum absolute atomic E-state index is 0.224. The van der Waals surface area contributed by atoms with E-state index in [-0.39, 0.29) is 16.8 Å². The van der Waals surface area contributed by atoms with E-state index in [0.717, 1.165) is 38.2 Å². The third kappa shape index (κ3) is 3.85. The summed E-state index contributed by atoms with van der Waals surface area (Å²) in [4.78, 5) is 37.1. The predicted molar refractivity (Wildman–Crippen MR) is 128 cm³/mol. The van der Waals surface area contributed by atoms with Crippen LogP contribution < -0.4 is 16.6 Å². The Kier molecular flexibility index (Phi) is 6.91. The van der Waals surface area contributed by atoms with Gasteiger partial charge >= 0.3 is 5.69 Å². The second kappa shape index (κ2) is 9.51. The molecule has 2 aliphatic rings. The van der Waals surface area contributed by atoms with Crippen molar-refractivity contribution in [1.29, 1.82) is 0 Å². The molecule has 2 aromatic heterocycles. The first-order valence-corrected chi connectivity index (χ1v) is 12.6. The summed E-state index contributed by atoms with van der Waals surface area (Å²) in [6.07, 6.45) is 8.68. The number of nitrogens with zero attached hydrogens (tertiary/aromatic N) is 4. The van der Waals surface area contributed by atoms with Crippen molar-refractivity contribution in [2.45, 2.75) is 83.8 Å². The van der Waals surface area contributed by atoms with Crippen molar-refractivity contribution in [3.05, 3.63) is 26.7 Å². The molecule has 2 N–H and O–H groups in total. The van der Waals surface area contributed by atoms with Crippen molar-refractivity contribution in [1.82, 2.24) is 29.3 Å². The average molecular weight is 445 g/mol. The van der Waals surface area contributed by atoms with Crippen molar-refractivity contribution in [2.75, 3.05) is 27.2 Å². The van der Waals surface area contributed by atoms with Crippen molar-refractivity contribution < 1.29 is 0 Å². The quantitative estimate of drug-likeness (QED) is 0.550. The molecule has 0 aromatic carbocycles. The number of hydrogen-bond donors (Lipinski definition) is 2. The van der Waals surface area contributed by atoms with Crippen LogP contribution in [0.4, 0.5) is 0 Å². The van der Waals surface area contributed by atoms with E-state index in [9.17, 15) is 9.59 Å². The Morgan fingerprint density at radius 2 is 1.72 bits per heavy atom. The van der Waals surface area contributed by atoms with Crippen molar-refractivity contribution in [2.24, 2.45) is 11.8 Å². The molecule has 32 heavy (non-hydrogen) atoms. The van der Waals surface area contributed by atoms with E-state index in [1.807, 2.05) is 6.92 Å². The Morgan fingerprint density at radius 3 is 2.34 bits per heavy atom. The van der Waals surface area contributed by atoms with Gasteiger partial charge in [0.25, 0.3) is 5.56 Å². The molecule has 0 spiro atoms. The number of rotatable bonds is 10. The van der Waals surface area contributed by atoms with Crippen molar-refractivity contribution in [3.63, 3.8) is 0 Å². The van der Waals surface area contributed by atoms with Crippen LogP contribution in [0, 0.1) is 11.8 Å². The molecule has 2 atom stereocenters. The first kappa shape index (κ1) is 23.2. The summed E-state index contributed by atoms with van der Waals surface area (Å²) in [5, 5.41) is 3.94. The molecule has 4 rings (SSSR count). The van der Waals surface area contributed by atoms with Gasteiger partial charge in [0.15, 0.2) is 5.65 Å². The number of imidazole rings is 1. The van der Waals surface area contributed by atoms with Gasteiger partial charge in [-0.05, 0) is 84.0 Å². The van der Waals surface area contributed by atoms with Gasteiger partial charge in [-0.15, -0.1) is 0 Å². The SMILES string of the molecule is CCCn1c(=O)c2[nH]c(C3(NCCCN(C)C)C4CCCC3CC4)nc2n(CCC)c1=O. The van der Waals surface area contributed by atoms with Gasteiger partial charge in [0.1, 0.15) is 11.3 Å². The fraction of sp³-hybridized carbons (Fsp3) is 0.792. The molecule has 178 valence electrons. The summed E-state index contributed by atoms with van der Waals surface area (Å²) < 4.78 is 3.09. The fourth-order valence-electron chi connectivity index (χ4n) is 6.20. The van der Waals surface area contributed by atoms with E-state index < -0.39 is 0 Å². The maximum Gasteiger partial charge on any atom is 0.332 e. The van der Waals surface area contributed by atoms with Gasteiger partial charge in [-0.2, -0.15) is 0 Å². The summed E-state index contributed by atoms with van der Waals surface area (Å²) in [5.41, 5.74) is 0.330. The Balaban J connectivity index is 1.83. The molecule has 0 aliphatic heterocycles. The van der Waals surface area contributed by atoms with Crippen LogP contribution in [0.15, 0.2) is 9.59 Å². The highest BCUT2D eigenvalue weighted by atomic mass is 16.2. The van der Waals surface area contributed by atoms with E-state index in [0.29, 0.717) is 36.1 Å². The monoisotopic (exact) mass is 444 g/mol. The van der Waals surface area contributed by atoms with E-state index >= 15 is 0 Å². The van der Waals surface area contributed by atoms with Crippen LogP contribution in [0.3, 0.4) is 0 Å². The molecule has 0 saturated heterocycles. The van der Waals surface area contributed by atoms with Gasteiger partial charge in [-0.1, -0.05) is 20.3 Å². The minimum Gasteiger partial charge on any atom is -0.335 e. The molecule has 2 unspecified atom stereocenters. The lowest BCUT2D eigenvalue weighted by atomic mass is 9.71. The average Bonchev–Trinajstić information content (AvgIpc) is 3.26. The normalized spacial score (nSPS) is 25.3. The summed E-state index contributed by atoms with van der Waals surface area (Å²) in [5.74, 6) is 1.91. The number of aromatic nitrogens is 4. The first-order valence-electron chi connectivity index (χ1n) is 12.6. The number of aryl methyl sites for hydroxylation is 1. The molecule has 2 saturated carbocycles. The molecular weight excluding hydrogens is 404 g/mol. The van der Waals surface area contributed by atoms with Crippen LogP contribution in [-0.4, -0.2) is 51.2 Å². The zero-order valence-corrected chi connectivity index (χ0v) is 20.2. The Bertz CT molecular complexity index is 1030. The minimum atomic E-state index is -0.233. The van der Waals surface area contributed by atoms with Gasteiger partial charge < -0.3 is 15.2 Å². The van der Waals surface area contributed by atoms with Crippen molar-refractivity contribution >= 4 is 11.2 Å². The summed E-state index contributed by atoms with van der Waals surface area (Å²) >= 11 is 0. The van der Waals surface area contributed by atoms with Gasteiger partial charge in [-0.25, -0.2) is 9.78 Å². The van der Waals surface area contributed by atoms with E-state index in [1.165, 1.54) is 36.7 Å². The van der Waals surface area contributed by atoms with Crippen LogP contribution in [0.1, 0.15) is 71.0 Å². The molecule has 8 nitrogen and oxygen atoms in total. The zero-order chi connectivity index (χ0) is 22.9. The van der Waals surface area contributed by atoms with Crippen LogP contribution >= 0.6 is 0 Å². The third-order valence-corrected chi connectivity index (χ3v) is 7.60. The lowest BCUT2D eigenvalue weighted by molar-refractivity contribution is 0.118. The van der Waals surface area contributed by atoms with E-state index in [2.05, 4.69) is 36.2 Å². The molecule has 8 heteroatoms. The van der Waals surface area contributed by atoms with E-state index in [1.54, 1.807) is 4.57 Å². The Labute approximate surface area is 190 Å². The van der Waals surface area contributed by atoms with Crippen LogP contribution in [0.2, 0.25) is 0 Å². The smallest absolute Gasteiger partial charge is 0.332 e. The zero-order valence-electron chi connectivity index (χ0n) is 20.2. The molecule has 0 amide bonds. The molecule has 0 radical (unpaired) electrons. The summed E-state index contributed by atoms with van der Waals surface area (Å²) in [6.45, 7) is 7.01. The number of fused-ring (bicyclic) bond motifs is 3. The Hall–Kier alpha value is -1.93. The third-order valence-electron chi connectivity index (χ3n) is 7.60. The topological polar surface area (TPSA) is 87.9 Å². The molecule has 2 aliphatic carbocycles. The van der Waals surface area contributed by atoms with Gasteiger partial charge in [0.05, 0.1) is 5.54 Å². The number of hydrogen-bond acceptors (Lipinski definition) is 5. The molecule has 2 fully saturated rings. The second-order valence-corrected chi connectivity index (χ2v) is 10.0. The lowest BCUT2D eigenvalue weighted by Gasteiger charge is -2.43. The van der Waals surface area contributed by atoms with Gasteiger partial charge in [-0.3, -0.25) is 13.9 Å². The highest BCUT2D eigenvalue weighted by Gasteiger charge is 2.54. The highest BCUT2D eigenvalue weighted by molar-refractivity contribution is 5.70. The van der Waals surface area contributed by atoms with Crippen LogP contribution in [-0.2, 0) is 18.6 Å². The molecule has 2 aromatic rings. The largest absolute Gasteiger partial charge is 0.335 e. The van der Waals surface area contributed by atoms with Crippen LogP contribution in [0.25, 0.3) is 11.2 Å². The number of aromatic amines is 1.